The second kappa shape index (κ2) is 4.85. The van der Waals surface area contributed by atoms with Crippen molar-refractivity contribution < 1.29 is 0 Å². The van der Waals surface area contributed by atoms with E-state index in [4.69, 9.17) is 0 Å². The van der Waals surface area contributed by atoms with Crippen LogP contribution in [-0.4, -0.2) is 20.2 Å². The van der Waals surface area contributed by atoms with Gasteiger partial charge in [0.2, 0.25) is 0 Å². The van der Waals surface area contributed by atoms with Crippen LogP contribution in [0.3, 0.4) is 0 Å². The summed E-state index contributed by atoms with van der Waals surface area (Å²) in [5.74, 6) is 1.02. The fourth-order valence-electron chi connectivity index (χ4n) is 1.11. The van der Waals surface area contributed by atoms with Gasteiger partial charge < -0.3 is 0 Å². The minimum absolute atomic E-state index is 0.957. The zero-order valence-corrected chi connectivity index (χ0v) is 7.82. The van der Waals surface area contributed by atoms with Crippen LogP contribution in [0.25, 0.3) is 0 Å². The second-order valence-corrected chi connectivity index (χ2v) is 2.92. The summed E-state index contributed by atoms with van der Waals surface area (Å²) in [4.78, 5) is 0. The van der Waals surface area contributed by atoms with Gasteiger partial charge in [0.1, 0.15) is 0 Å². The first-order valence-corrected chi connectivity index (χ1v) is 4.63. The predicted octanol–water partition coefficient (Wildman–Crippen LogP) is 1.43. The molecular formula is C8H16N4. The van der Waals surface area contributed by atoms with Crippen LogP contribution in [0, 0.1) is 0 Å². The van der Waals surface area contributed by atoms with Gasteiger partial charge in [-0.25, -0.2) is 4.68 Å². The highest BCUT2D eigenvalue weighted by molar-refractivity contribution is 4.79. The number of aryl methyl sites for hydroxylation is 2. The van der Waals surface area contributed by atoms with Gasteiger partial charge in [-0.1, -0.05) is 20.3 Å². The molecule has 0 aliphatic heterocycles. The molecule has 0 fully saturated rings. The maximum absolute atomic E-state index is 3.96. The minimum Gasteiger partial charge on any atom is -0.230 e. The largest absolute Gasteiger partial charge is 0.230 e. The molecule has 68 valence electrons. The molecule has 0 saturated carbocycles. The molecule has 0 N–H and O–H groups in total. The molecule has 0 saturated heterocycles. The normalized spacial score (nSPS) is 10.5. The molecule has 1 aromatic rings. The number of aromatic nitrogens is 4. The summed E-state index contributed by atoms with van der Waals surface area (Å²) in [6, 6.07) is 0. The number of rotatable bonds is 5. The van der Waals surface area contributed by atoms with E-state index < -0.39 is 0 Å². The van der Waals surface area contributed by atoms with Crippen molar-refractivity contribution in [3.63, 3.8) is 0 Å². The van der Waals surface area contributed by atoms with Crippen LogP contribution in [0.15, 0.2) is 0 Å². The molecule has 1 aromatic heterocycles. The molecule has 0 radical (unpaired) electrons. The van der Waals surface area contributed by atoms with Gasteiger partial charge in [0.25, 0.3) is 0 Å². The SMILES string of the molecule is CCCCn1nnnc1CCC. The Balaban J connectivity index is 2.51. The highest BCUT2D eigenvalue weighted by atomic mass is 15.5. The Morgan fingerprint density at radius 1 is 1.25 bits per heavy atom. The Kier molecular flexibility index (Phi) is 3.70. The number of hydrogen-bond acceptors (Lipinski definition) is 3. The molecular weight excluding hydrogens is 152 g/mol. The molecule has 0 spiro atoms. The molecule has 0 unspecified atom stereocenters. The molecule has 0 atom stereocenters. The quantitative estimate of drug-likeness (QED) is 0.668. The first kappa shape index (κ1) is 9.16. The van der Waals surface area contributed by atoms with Gasteiger partial charge in [-0.05, 0) is 23.3 Å². The molecule has 0 bridgehead atoms. The van der Waals surface area contributed by atoms with Gasteiger partial charge in [0.05, 0.1) is 0 Å². The van der Waals surface area contributed by atoms with E-state index >= 15 is 0 Å². The molecule has 12 heavy (non-hydrogen) atoms. The zero-order chi connectivity index (χ0) is 8.81. The first-order valence-electron chi connectivity index (χ1n) is 4.63. The fraction of sp³-hybridized carbons (Fsp3) is 0.875. The van der Waals surface area contributed by atoms with E-state index in [1.54, 1.807) is 0 Å². The van der Waals surface area contributed by atoms with E-state index in [2.05, 4.69) is 29.4 Å². The summed E-state index contributed by atoms with van der Waals surface area (Å²) in [5, 5.41) is 11.5. The van der Waals surface area contributed by atoms with Crippen molar-refractivity contribution in [3.05, 3.63) is 5.82 Å². The summed E-state index contributed by atoms with van der Waals surface area (Å²) >= 11 is 0. The van der Waals surface area contributed by atoms with E-state index in [1.165, 1.54) is 6.42 Å². The average Bonchev–Trinajstić information content (AvgIpc) is 2.50. The van der Waals surface area contributed by atoms with Gasteiger partial charge >= 0.3 is 0 Å². The van der Waals surface area contributed by atoms with Crippen LogP contribution in [-0.2, 0) is 13.0 Å². The maximum Gasteiger partial charge on any atom is 0.151 e. The molecule has 1 heterocycles. The standard InChI is InChI=1S/C8H16N4/c1-3-5-7-12-8(6-4-2)9-10-11-12/h3-7H2,1-2H3. The maximum atomic E-state index is 3.96. The van der Waals surface area contributed by atoms with E-state index in [9.17, 15) is 0 Å². The Hall–Kier alpha value is -0.930. The van der Waals surface area contributed by atoms with E-state index in [0.717, 1.165) is 31.6 Å². The van der Waals surface area contributed by atoms with Crippen molar-refractivity contribution in [2.75, 3.05) is 0 Å². The van der Waals surface area contributed by atoms with Gasteiger partial charge in [-0.3, -0.25) is 0 Å². The predicted molar refractivity (Wildman–Crippen MR) is 46.7 cm³/mol. The molecule has 0 aromatic carbocycles. The second-order valence-electron chi connectivity index (χ2n) is 2.92. The van der Waals surface area contributed by atoms with Gasteiger partial charge in [0, 0.05) is 13.0 Å². The smallest absolute Gasteiger partial charge is 0.151 e. The monoisotopic (exact) mass is 168 g/mol. The van der Waals surface area contributed by atoms with Crippen LogP contribution in [0.1, 0.15) is 38.9 Å². The fourth-order valence-corrected chi connectivity index (χ4v) is 1.11. The van der Waals surface area contributed by atoms with Crippen molar-refractivity contribution in [2.45, 2.75) is 46.1 Å². The van der Waals surface area contributed by atoms with Gasteiger partial charge in [-0.2, -0.15) is 0 Å². The lowest BCUT2D eigenvalue weighted by Crippen LogP contribution is -2.05. The Labute approximate surface area is 73.0 Å². The molecule has 0 aliphatic carbocycles. The topological polar surface area (TPSA) is 43.6 Å². The molecule has 0 aliphatic rings. The molecule has 4 nitrogen and oxygen atoms in total. The van der Waals surface area contributed by atoms with Gasteiger partial charge in [-0.15, -0.1) is 5.10 Å². The van der Waals surface area contributed by atoms with E-state index in [-0.39, 0.29) is 0 Å². The van der Waals surface area contributed by atoms with Crippen molar-refractivity contribution >= 4 is 0 Å². The Bertz CT molecular complexity index is 219. The van der Waals surface area contributed by atoms with Crippen LogP contribution in [0.4, 0.5) is 0 Å². The number of tetrazole rings is 1. The lowest BCUT2D eigenvalue weighted by Gasteiger charge is -2.00. The Morgan fingerprint density at radius 2 is 2.08 bits per heavy atom. The number of nitrogens with zero attached hydrogens (tertiary/aromatic N) is 4. The van der Waals surface area contributed by atoms with Crippen molar-refractivity contribution in [1.82, 2.24) is 20.2 Å². The van der Waals surface area contributed by atoms with Crippen LogP contribution < -0.4 is 0 Å². The minimum atomic E-state index is 0.957. The molecule has 4 heteroatoms. The third-order valence-corrected chi connectivity index (χ3v) is 1.80. The summed E-state index contributed by atoms with van der Waals surface area (Å²) in [7, 11) is 0. The molecule has 1 rings (SSSR count). The summed E-state index contributed by atoms with van der Waals surface area (Å²) < 4.78 is 1.91. The molecule has 0 amide bonds. The highest BCUT2D eigenvalue weighted by Gasteiger charge is 2.02. The van der Waals surface area contributed by atoms with Crippen LogP contribution in [0.5, 0.6) is 0 Å². The number of hydrogen-bond donors (Lipinski definition) is 0. The third-order valence-electron chi connectivity index (χ3n) is 1.80. The zero-order valence-electron chi connectivity index (χ0n) is 7.82. The third kappa shape index (κ3) is 2.29. The van der Waals surface area contributed by atoms with Crippen molar-refractivity contribution in [1.29, 1.82) is 0 Å². The average molecular weight is 168 g/mol. The summed E-state index contributed by atoms with van der Waals surface area (Å²) in [6.07, 6.45) is 4.43. The van der Waals surface area contributed by atoms with Crippen molar-refractivity contribution in [3.8, 4) is 0 Å². The van der Waals surface area contributed by atoms with E-state index in [0.29, 0.717) is 0 Å². The summed E-state index contributed by atoms with van der Waals surface area (Å²) in [6.45, 7) is 5.27. The lowest BCUT2D eigenvalue weighted by atomic mass is 10.3. The van der Waals surface area contributed by atoms with Crippen molar-refractivity contribution in [2.24, 2.45) is 0 Å². The van der Waals surface area contributed by atoms with Crippen LogP contribution >= 0.6 is 0 Å². The highest BCUT2D eigenvalue weighted by Crippen LogP contribution is 1.99. The summed E-state index contributed by atoms with van der Waals surface area (Å²) in [5.41, 5.74) is 0. The number of unbranched alkanes of at least 4 members (excludes halogenated alkanes) is 1. The first-order chi connectivity index (χ1) is 5.88. The lowest BCUT2D eigenvalue weighted by molar-refractivity contribution is 0.530. The Morgan fingerprint density at radius 3 is 2.75 bits per heavy atom. The van der Waals surface area contributed by atoms with Gasteiger partial charge in [0.15, 0.2) is 5.82 Å². The van der Waals surface area contributed by atoms with Crippen LogP contribution in [0.2, 0.25) is 0 Å². The van der Waals surface area contributed by atoms with E-state index in [1.807, 2.05) is 4.68 Å².